The molecule has 88 valence electrons. The first-order valence-corrected chi connectivity index (χ1v) is 5.81. The number of nitrogens with zero attached hydrogens (tertiary/aromatic N) is 1. The van der Waals surface area contributed by atoms with Crippen LogP contribution in [-0.4, -0.2) is 0 Å². The first-order valence-electron chi connectivity index (χ1n) is 5.81. The van der Waals surface area contributed by atoms with Crippen molar-refractivity contribution in [3.63, 3.8) is 0 Å². The topological polar surface area (TPSA) is 23.8 Å². The van der Waals surface area contributed by atoms with Gasteiger partial charge in [0.25, 0.3) is 0 Å². The molecule has 0 unspecified atom stereocenters. The summed E-state index contributed by atoms with van der Waals surface area (Å²) in [5.74, 6) is 6.14. The van der Waals surface area contributed by atoms with E-state index in [4.69, 9.17) is 5.26 Å². The summed E-state index contributed by atoms with van der Waals surface area (Å²) in [6, 6.07) is 9.31. The number of hydrogen-bond acceptors (Lipinski definition) is 1. The van der Waals surface area contributed by atoms with E-state index in [0.29, 0.717) is 5.56 Å². The molecule has 0 radical (unpaired) electrons. The molecule has 0 aliphatic rings. The van der Waals surface area contributed by atoms with Crippen LogP contribution in [0.25, 0.3) is 0 Å². The van der Waals surface area contributed by atoms with Crippen LogP contribution in [0.5, 0.6) is 0 Å². The van der Waals surface area contributed by atoms with E-state index in [2.05, 4.69) is 37.5 Å². The molecule has 0 atom stereocenters. The van der Waals surface area contributed by atoms with Gasteiger partial charge in [0.2, 0.25) is 0 Å². The Kier molecular flexibility index (Phi) is 5.81. The minimum atomic E-state index is 0.647. The minimum Gasteiger partial charge on any atom is -0.192 e. The summed E-state index contributed by atoms with van der Waals surface area (Å²) in [5.41, 5.74) is 2.47. The molecule has 0 saturated carbocycles. The molecule has 0 bridgehead atoms. The predicted octanol–water partition coefficient (Wildman–Crippen LogP) is 3.99. The van der Waals surface area contributed by atoms with Gasteiger partial charge in [-0.15, -0.1) is 0 Å². The number of rotatable bonds is 3. The second-order valence-electron chi connectivity index (χ2n) is 3.61. The van der Waals surface area contributed by atoms with E-state index in [-0.39, 0.29) is 0 Å². The van der Waals surface area contributed by atoms with Gasteiger partial charge in [-0.05, 0) is 36.8 Å². The average Bonchev–Trinajstić information content (AvgIpc) is 2.42. The summed E-state index contributed by atoms with van der Waals surface area (Å²) in [4.78, 5) is 0. The number of nitriles is 1. The Hall–Kier alpha value is -2.51. The number of benzene rings is 1. The van der Waals surface area contributed by atoms with Gasteiger partial charge in [0.15, 0.2) is 0 Å². The maximum Gasteiger partial charge on any atom is 0.0991 e. The smallest absolute Gasteiger partial charge is 0.0991 e. The van der Waals surface area contributed by atoms with Crippen LogP contribution in [0, 0.1) is 23.2 Å². The molecule has 1 rings (SSSR count). The second-order valence-corrected chi connectivity index (χ2v) is 3.61. The van der Waals surface area contributed by atoms with Gasteiger partial charge < -0.3 is 0 Å². The fraction of sp³-hybridized carbons (Fsp3) is 0.118. The third-order valence-corrected chi connectivity index (χ3v) is 2.20. The Morgan fingerprint density at radius 3 is 2.50 bits per heavy atom. The first kappa shape index (κ1) is 13.6. The largest absolute Gasteiger partial charge is 0.192 e. The van der Waals surface area contributed by atoms with E-state index >= 15 is 0 Å². The fourth-order valence-electron chi connectivity index (χ4n) is 1.28. The molecule has 0 saturated heterocycles. The highest BCUT2D eigenvalue weighted by atomic mass is 14.2. The average molecular weight is 233 g/mol. The Balaban J connectivity index is 2.90. The van der Waals surface area contributed by atoms with Crippen LogP contribution in [-0.2, 0) is 0 Å². The molecular formula is C17H15N. The molecule has 0 fully saturated rings. The molecule has 0 heterocycles. The summed E-state index contributed by atoms with van der Waals surface area (Å²) in [7, 11) is 0. The maximum atomic E-state index is 8.70. The van der Waals surface area contributed by atoms with Gasteiger partial charge in [-0.25, -0.2) is 0 Å². The molecular weight excluding hydrogens is 218 g/mol. The van der Waals surface area contributed by atoms with Gasteiger partial charge >= 0.3 is 0 Å². The monoisotopic (exact) mass is 233 g/mol. The molecule has 0 spiro atoms. The Morgan fingerprint density at radius 2 is 1.94 bits per heavy atom. The van der Waals surface area contributed by atoms with Crippen molar-refractivity contribution in [3.05, 3.63) is 71.8 Å². The van der Waals surface area contributed by atoms with Gasteiger partial charge in [-0.2, -0.15) is 5.26 Å². The van der Waals surface area contributed by atoms with Crippen molar-refractivity contribution in [2.24, 2.45) is 0 Å². The highest BCUT2D eigenvalue weighted by molar-refractivity contribution is 5.47. The van der Waals surface area contributed by atoms with E-state index in [9.17, 15) is 0 Å². The summed E-state index contributed by atoms with van der Waals surface area (Å²) in [6.07, 6.45) is 8.62. The third kappa shape index (κ3) is 4.56. The van der Waals surface area contributed by atoms with E-state index in [1.54, 1.807) is 18.2 Å². The lowest BCUT2D eigenvalue weighted by Gasteiger charge is -1.91. The van der Waals surface area contributed by atoms with E-state index < -0.39 is 0 Å². The van der Waals surface area contributed by atoms with Crippen molar-refractivity contribution < 1.29 is 0 Å². The van der Waals surface area contributed by atoms with Gasteiger partial charge in [0, 0.05) is 11.1 Å². The Labute approximate surface area is 109 Å². The highest BCUT2D eigenvalue weighted by Crippen LogP contribution is 2.03. The normalized spacial score (nSPS) is 10.6. The van der Waals surface area contributed by atoms with Crippen LogP contribution in [0.2, 0.25) is 0 Å². The summed E-state index contributed by atoms with van der Waals surface area (Å²) < 4.78 is 0. The second kappa shape index (κ2) is 7.71. The fourth-order valence-corrected chi connectivity index (χ4v) is 1.28. The predicted molar refractivity (Wildman–Crippen MR) is 75.7 cm³/mol. The van der Waals surface area contributed by atoms with Crippen LogP contribution in [0.4, 0.5) is 0 Å². The van der Waals surface area contributed by atoms with Crippen molar-refractivity contribution >= 4 is 0 Å². The van der Waals surface area contributed by atoms with Crippen molar-refractivity contribution in [3.8, 4) is 17.9 Å². The lowest BCUT2D eigenvalue weighted by atomic mass is 10.1. The SMILES string of the molecule is C=C/C=C(C#Cc1ccc(C#N)cc1)\C=C/CC. The lowest BCUT2D eigenvalue weighted by Crippen LogP contribution is -1.77. The van der Waals surface area contributed by atoms with Gasteiger partial charge in [0.05, 0.1) is 11.6 Å². The van der Waals surface area contributed by atoms with Crippen LogP contribution < -0.4 is 0 Å². The molecule has 0 aliphatic heterocycles. The lowest BCUT2D eigenvalue weighted by molar-refractivity contribution is 1.22. The molecule has 18 heavy (non-hydrogen) atoms. The zero-order chi connectivity index (χ0) is 13.2. The molecule has 1 aromatic rings. The minimum absolute atomic E-state index is 0.647. The van der Waals surface area contributed by atoms with Crippen LogP contribution >= 0.6 is 0 Å². The third-order valence-electron chi connectivity index (χ3n) is 2.20. The Bertz CT molecular complexity index is 554. The van der Waals surface area contributed by atoms with Gasteiger partial charge in [-0.1, -0.05) is 43.6 Å². The summed E-state index contributed by atoms with van der Waals surface area (Å²) in [5, 5.41) is 8.70. The van der Waals surface area contributed by atoms with Crippen LogP contribution in [0.15, 0.2) is 60.7 Å². The number of hydrogen-bond donors (Lipinski definition) is 0. The molecule has 0 aromatic heterocycles. The number of allylic oxidation sites excluding steroid dienone is 5. The van der Waals surface area contributed by atoms with Crippen molar-refractivity contribution in [1.29, 1.82) is 5.26 Å². The summed E-state index contributed by atoms with van der Waals surface area (Å²) in [6.45, 7) is 5.75. The molecule has 1 aromatic carbocycles. The highest BCUT2D eigenvalue weighted by Gasteiger charge is 1.89. The van der Waals surface area contributed by atoms with Gasteiger partial charge in [0.1, 0.15) is 0 Å². The summed E-state index contributed by atoms with van der Waals surface area (Å²) >= 11 is 0. The first-order chi connectivity index (χ1) is 8.80. The van der Waals surface area contributed by atoms with Gasteiger partial charge in [-0.3, -0.25) is 0 Å². The maximum absolute atomic E-state index is 8.70. The van der Waals surface area contributed by atoms with E-state index in [0.717, 1.165) is 17.6 Å². The van der Waals surface area contributed by atoms with E-state index in [1.807, 2.05) is 24.3 Å². The zero-order valence-electron chi connectivity index (χ0n) is 10.5. The van der Waals surface area contributed by atoms with Crippen molar-refractivity contribution in [2.75, 3.05) is 0 Å². The van der Waals surface area contributed by atoms with Crippen LogP contribution in [0.3, 0.4) is 0 Å². The van der Waals surface area contributed by atoms with Crippen molar-refractivity contribution in [2.45, 2.75) is 13.3 Å². The molecule has 0 amide bonds. The quantitative estimate of drug-likeness (QED) is 0.572. The van der Waals surface area contributed by atoms with Crippen molar-refractivity contribution in [1.82, 2.24) is 0 Å². The Morgan fingerprint density at radius 1 is 1.28 bits per heavy atom. The van der Waals surface area contributed by atoms with E-state index in [1.165, 1.54) is 0 Å². The zero-order valence-corrected chi connectivity index (χ0v) is 10.5. The molecule has 1 heteroatoms. The molecule has 0 N–H and O–H groups in total. The molecule has 1 nitrogen and oxygen atoms in total. The molecule has 0 aliphatic carbocycles. The standard InChI is InChI=1S/C17H15N/c1-3-5-7-15(6-4-2)8-9-16-10-12-17(14-18)13-11-16/h4-7,10-13H,2-3H2,1H3/b7-5-,15-6+. The van der Waals surface area contributed by atoms with Crippen LogP contribution in [0.1, 0.15) is 24.5 Å².